The van der Waals surface area contributed by atoms with E-state index in [2.05, 4.69) is 55.0 Å². The maximum Gasteiger partial charge on any atom is 0.311 e. The molecular weight excluding hydrogens is 432 g/mol. The van der Waals surface area contributed by atoms with Gasteiger partial charge in [-0.2, -0.15) is 0 Å². The Balaban J connectivity index is 1.50. The number of carbonyl (C=O) groups is 1. The summed E-state index contributed by atoms with van der Waals surface area (Å²) < 4.78 is 5.44. The maximum atomic E-state index is 12.0. The molecule has 4 nitrogen and oxygen atoms in total. The molecule has 0 saturated heterocycles. The van der Waals surface area contributed by atoms with Crippen LogP contribution < -0.4 is 4.74 Å². The van der Waals surface area contributed by atoms with Gasteiger partial charge in [0.25, 0.3) is 0 Å². The van der Waals surface area contributed by atoms with Crippen molar-refractivity contribution in [1.29, 1.82) is 0 Å². The zero-order chi connectivity index (χ0) is 24.9. The van der Waals surface area contributed by atoms with Gasteiger partial charge in [0.05, 0.1) is 0 Å². The summed E-state index contributed by atoms with van der Waals surface area (Å²) in [7, 11) is 0. The van der Waals surface area contributed by atoms with E-state index >= 15 is 0 Å². The normalized spacial score (nSPS) is 11.9. The number of carbonyl (C=O) groups excluding carboxylic acids is 1. The van der Waals surface area contributed by atoms with Crippen molar-refractivity contribution in [2.75, 3.05) is 0 Å². The molecule has 0 radical (unpaired) electrons. The first-order chi connectivity index (χ1) is 17.1. The minimum atomic E-state index is -0.187. The number of hydrogen-bond acceptors (Lipinski definition) is 4. The van der Waals surface area contributed by atoms with Crippen molar-refractivity contribution in [1.82, 2.24) is 9.97 Å². The molecule has 2 aromatic carbocycles. The number of benzene rings is 2. The third kappa shape index (κ3) is 8.93. The highest BCUT2D eigenvalue weighted by molar-refractivity contribution is 5.73. The van der Waals surface area contributed by atoms with E-state index < -0.39 is 0 Å². The molecular formula is C31H40N2O2. The lowest BCUT2D eigenvalue weighted by Crippen LogP contribution is -2.11. The first-order valence-corrected chi connectivity index (χ1v) is 13.3. The smallest absolute Gasteiger partial charge is 0.311 e. The fourth-order valence-electron chi connectivity index (χ4n) is 4.05. The highest BCUT2D eigenvalue weighted by atomic mass is 16.5. The van der Waals surface area contributed by atoms with Gasteiger partial charge in [-0.3, -0.25) is 4.79 Å². The van der Waals surface area contributed by atoms with E-state index in [1.807, 2.05) is 36.7 Å². The minimum Gasteiger partial charge on any atom is -0.427 e. The van der Waals surface area contributed by atoms with E-state index in [0.29, 0.717) is 18.1 Å². The number of nitrogens with zero attached hydrogens (tertiary/aromatic N) is 2. The first kappa shape index (κ1) is 26.6. The number of rotatable bonds is 14. The molecule has 186 valence electrons. The number of aryl methyl sites for hydroxylation is 1. The van der Waals surface area contributed by atoms with Gasteiger partial charge in [0.1, 0.15) is 5.75 Å². The highest BCUT2D eigenvalue weighted by Gasteiger charge is 2.10. The van der Waals surface area contributed by atoms with Crippen LogP contribution in [-0.2, 0) is 11.2 Å². The maximum absolute atomic E-state index is 12.0. The third-order valence-electron chi connectivity index (χ3n) is 6.56. The van der Waals surface area contributed by atoms with Crippen molar-refractivity contribution in [3.05, 3.63) is 66.5 Å². The molecule has 0 aliphatic carbocycles. The summed E-state index contributed by atoms with van der Waals surface area (Å²) in [6.45, 7) is 6.39. The van der Waals surface area contributed by atoms with E-state index in [4.69, 9.17) is 4.74 Å². The van der Waals surface area contributed by atoms with Crippen molar-refractivity contribution in [3.8, 4) is 28.3 Å². The molecule has 35 heavy (non-hydrogen) atoms. The summed E-state index contributed by atoms with van der Waals surface area (Å²) in [5.74, 6) is 1.44. The van der Waals surface area contributed by atoms with E-state index in [0.717, 1.165) is 35.4 Å². The molecule has 0 bridgehead atoms. The van der Waals surface area contributed by atoms with Crippen LogP contribution in [0.3, 0.4) is 0 Å². The van der Waals surface area contributed by atoms with Crippen molar-refractivity contribution >= 4 is 5.97 Å². The second-order valence-corrected chi connectivity index (χ2v) is 9.58. The molecule has 1 unspecified atom stereocenters. The molecule has 1 aromatic heterocycles. The van der Waals surface area contributed by atoms with E-state index in [-0.39, 0.29) is 5.97 Å². The van der Waals surface area contributed by atoms with Gasteiger partial charge in [0, 0.05) is 29.9 Å². The molecule has 0 aliphatic heterocycles. The predicted molar refractivity (Wildman–Crippen MR) is 144 cm³/mol. The van der Waals surface area contributed by atoms with Crippen LogP contribution >= 0.6 is 0 Å². The fourth-order valence-corrected chi connectivity index (χ4v) is 4.05. The van der Waals surface area contributed by atoms with Gasteiger partial charge in [-0.15, -0.1) is 0 Å². The van der Waals surface area contributed by atoms with Crippen molar-refractivity contribution in [3.63, 3.8) is 0 Å². The lowest BCUT2D eigenvalue weighted by molar-refractivity contribution is -0.135. The molecule has 0 aliphatic rings. The van der Waals surface area contributed by atoms with Gasteiger partial charge in [-0.05, 0) is 42.0 Å². The Bertz CT molecular complexity index is 1010. The van der Waals surface area contributed by atoms with Crippen LogP contribution in [0.4, 0.5) is 0 Å². The molecule has 0 fully saturated rings. The topological polar surface area (TPSA) is 52.1 Å². The standard InChI is InChI=1S/C31H40N2O2/c1-4-6-7-8-9-10-11-12-25-13-15-27(16-14-25)31-32-22-28(23-33-31)26-17-19-29(20-18-26)35-30(34)21-24(3)5-2/h13-20,22-24H,4-12,21H2,1-3H3. The van der Waals surface area contributed by atoms with Crippen molar-refractivity contribution in [2.24, 2.45) is 5.92 Å². The van der Waals surface area contributed by atoms with Crippen molar-refractivity contribution in [2.45, 2.75) is 85.0 Å². The van der Waals surface area contributed by atoms with E-state index in [1.54, 1.807) is 0 Å². The van der Waals surface area contributed by atoms with Crippen molar-refractivity contribution < 1.29 is 9.53 Å². The Morgan fingerprint density at radius 1 is 0.771 bits per heavy atom. The van der Waals surface area contributed by atoms with Gasteiger partial charge in [-0.25, -0.2) is 9.97 Å². The number of esters is 1. The van der Waals surface area contributed by atoms with Gasteiger partial charge in [0.2, 0.25) is 0 Å². The van der Waals surface area contributed by atoms with Crippen LogP contribution in [-0.4, -0.2) is 15.9 Å². The summed E-state index contributed by atoms with van der Waals surface area (Å²) in [5.41, 5.74) is 4.33. The van der Waals surface area contributed by atoms with Gasteiger partial charge in [0.15, 0.2) is 5.82 Å². The Morgan fingerprint density at radius 3 is 2.00 bits per heavy atom. The molecule has 0 amide bonds. The Kier molecular flexibility index (Phi) is 10.9. The summed E-state index contributed by atoms with van der Waals surface area (Å²) in [6.07, 6.45) is 15.6. The van der Waals surface area contributed by atoms with Gasteiger partial charge >= 0.3 is 5.97 Å². The summed E-state index contributed by atoms with van der Waals surface area (Å²) >= 11 is 0. The summed E-state index contributed by atoms with van der Waals surface area (Å²) in [5, 5.41) is 0. The average Bonchev–Trinajstić information content (AvgIpc) is 2.89. The van der Waals surface area contributed by atoms with Crippen LogP contribution in [0.25, 0.3) is 22.5 Å². The van der Waals surface area contributed by atoms with E-state index in [1.165, 1.54) is 50.5 Å². The SMILES string of the molecule is CCCCCCCCCc1ccc(-c2ncc(-c3ccc(OC(=O)CC(C)CC)cc3)cn2)cc1. The van der Waals surface area contributed by atoms with Crippen LogP contribution in [0.5, 0.6) is 5.75 Å². The lowest BCUT2D eigenvalue weighted by Gasteiger charge is -2.09. The zero-order valence-electron chi connectivity index (χ0n) is 21.6. The van der Waals surface area contributed by atoms with Gasteiger partial charge < -0.3 is 4.74 Å². The molecule has 3 aromatic rings. The highest BCUT2D eigenvalue weighted by Crippen LogP contribution is 2.24. The van der Waals surface area contributed by atoms with Crippen LogP contribution in [0.1, 0.15) is 84.1 Å². The first-order valence-electron chi connectivity index (χ1n) is 13.3. The number of hydrogen-bond donors (Lipinski definition) is 0. The van der Waals surface area contributed by atoms with Gasteiger partial charge in [-0.1, -0.05) is 102 Å². The summed E-state index contributed by atoms with van der Waals surface area (Å²) in [6, 6.07) is 16.1. The quantitative estimate of drug-likeness (QED) is 0.134. The molecule has 3 rings (SSSR count). The van der Waals surface area contributed by atoms with Crippen LogP contribution in [0.2, 0.25) is 0 Å². The monoisotopic (exact) mass is 472 g/mol. The lowest BCUT2D eigenvalue weighted by atomic mass is 10.0. The molecule has 0 spiro atoms. The number of ether oxygens (including phenoxy) is 1. The summed E-state index contributed by atoms with van der Waals surface area (Å²) in [4.78, 5) is 21.2. The molecule has 1 heterocycles. The van der Waals surface area contributed by atoms with E-state index in [9.17, 15) is 4.79 Å². The van der Waals surface area contributed by atoms with Crippen LogP contribution in [0.15, 0.2) is 60.9 Å². The molecule has 0 N–H and O–H groups in total. The van der Waals surface area contributed by atoms with Crippen LogP contribution in [0, 0.1) is 5.92 Å². The Hall–Kier alpha value is -3.01. The number of unbranched alkanes of at least 4 members (excludes halogenated alkanes) is 6. The minimum absolute atomic E-state index is 0.187. The molecule has 1 atom stereocenters. The Labute approximate surface area is 211 Å². The zero-order valence-corrected chi connectivity index (χ0v) is 21.6. The largest absolute Gasteiger partial charge is 0.427 e. The predicted octanol–water partition coefficient (Wildman–Crippen LogP) is 8.45. The second kappa shape index (κ2) is 14.4. The third-order valence-corrected chi connectivity index (χ3v) is 6.56. The number of aromatic nitrogens is 2. The molecule has 0 saturated carbocycles. The fraction of sp³-hybridized carbons (Fsp3) is 0.452. The molecule has 4 heteroatoms. The second-order valence-electron chi connectivity index (χ2n) is 9.58. The Morgan fingerprint density at radius 2 is 1.37 bits per heavy atom. The average molecular weight is 473 g/mol.